The van der Waals surface area contributed by atoms with Crippen molar-refractivity contribution in [3.63, 3.8) is 0 Å². The van der Waals surface area contributed by atoms with Gasteiger partial charge in [-0.3, -0.25) is 9.78 Å². The zero-order valence-corrected chi connectivity index (χ0v) is 14.5. The van der Waals surface area contributed by atoms with Crippen molar-refractivity contribution in [2.24, 2.45) is 0 Å². The molecule has 0 aromatic carbocycles. The fourth-order valence-corrected chi connectivity index (χ4v) is 3.44. The molecule has 0 spiro atoms. The highest BCUT2D eigenvalue weighted by molar-refractivity contribution is 5.94. The molecule has 1 atom stereocenters. The van der Waals surface area contributed by atoms with Crippen LogP contribution in [0.3, 0.4) is 0 Å². The molecular weight excluding hydrogens is 314 g/mol. The van der Waals surface area contributed by atoms with E-state index in [9.17, 15) is 4.79 Å². The van der Waals surface area contributed by atoms with E-state index in [0.717, 1.165) is 30.0 Å². The van der Waals surface area contributed by atoms with E-state index < -0.39 is 0 Å². The second-order valence-electron chi connectivity index (χ2n) is 6.66. The lowest BCUT2D eigenvalue weighted by atomic mass is 10.1. The van der Waals surface area contributed by atoms with Gasteiger partial charge in [0.2, 0.25) is 0 Å². The Labute approximate surface area is 146 Å². The van der Waals surface area contributed by atoms with E-state index in [-0.39, 0.29) is 11.8 Å². The van der Waals surface area contributed by atoms with Crippen molar-refractivity contribution in [1.29, 1.82) is 0 Å². The number of nitrogens with zero attached hydrogens (tertiary/aromatic N) is 5. The van der Waals surface area contributed by atoms with Crippen LogP contribution in [-0.2, 0) is 0 Å². The molecule has 1 saturated heterocycles. The van der Waals surface area contributed by atoms with Gasteiger partial charge >= 0.3 is 0 Å². The first kappa shape index (κ1) is 15.6. The Balaban J connectivity index is 1.59. The Morgan fingerprint density at radius 3 is 2.80 bits per heavy atom. The van der Waals surface area contributed by atoms with Crippen molar-refractivity contribution in [3.05, 3.63) is 60.3 Å². The van der Waals surface area contributed by atoms with Crippen LogP contribution >= 0.6 is 0 Å². The fourth-order valence-electron chi connectivity index (χ4n) is 3.44. The van der Waals surface area contributed by atoms with E-state index in [1.807, 2.05) is 36.2 Å². The lowest BCUT2D eigenvalue weighted by Gasteiger charge is -2.19. The average Bonchev–Trinajstić information content (AvgIpc) is 3.30. The van der Waals surface area contributed by atoms with Crippen molar-refractivity contribution in [2.45, 2.75) is 12.3 Å². The zero-order valence-electron chi connectivity index (χ0n) is 14.5. The maximum atomic E-state index is 12.6. The molecule has 4 rings (SSSR count). The fraction of sp³-hybridized carbons (Fsp3) is 0.316. The molecule has 0 unspecified atom stereocenters. The summed E-state index contributed by atoms with van der Waals surface area (Å²) in [5, 5.41) is 0. The van der Waals surface area contributed by atoms with E-state index in [1.54, 1.807) is 24.5 Å². The van der Waals surface area contributed by atoms with Crippen LogP contribution in [0.4, 0.5) is 5.82 Å². The minimum Gasteiger partial charge on any atom is -0.361 e. The first-order chi connectivity index (χ1) is 12.1. The van der Waals surface area contributed by atoms with Crippen LogP contribution < -0.4 is 4.90 Å². The van der Waals surface area contributed by atoms with Gasteiger partial charge in [0.15, 0.2) is 5.82 Å². The van der Waals surface area contributed by atoms with E-state index >= 15 is 0 Å². The monoisotopic (exact) mass is 335 g/mol. The molecule has 4 heterocycles. The number of hydrogen-bond donors (Lipinski definition) is 0. The highest BCUT2D eigenvalue weighted by Crippen LogP contribution is 2.29. The summed E-state index contributed by atoms with van der Waals surface area (Å²) in [5.41, 5.74) is 2.83. The Kier molecular flexibility index (Phi) is 3.87. The molecule has 6 nitrogen and oxygen atoms in total. The second kappa shape index (κ2) is 6.20. The van der Waals surface area contributed by atoms with E-state index in [1.165, 1.54) is 0 Å². The SMILES string of the molecule is CN(C)c1nc([C@@H]2CCN(C(=O)c3ccncc3)C2)cn2cccc12. The quantitative estimate of drug-likeness (QED) is 0.738. The third kappa shape index (κ3) is 2.84. The van der Waals surface area contributed by atoms with Gasteiger partial charge in [-0.1, -0.05) is 0 Å². The summed E-state index contributed by atoms with van der Waals surface area (Å²) in [7, 11) is 4.01. The van der Waals surface area contributed by atoms with E-state index in [4.69, 9.17) is 4.98 Å². The number of rotatable bonds is 3. The molecule has 1 amide bonds. The first-order valence-electron chi connectivity index (χ1n) is 8.48. The summed E-state index contributed by atoms with van der Waals surface area (Å²) in [6, 6.07) is 7.63. The molecule has 0 bridgehead atoms. The smallest absolute Gasteiger partial charge is 0.253 e. The van der Waals surface area contributed by atoms with Crippen LogP contribution in [0.25, 0.3) is 5.52 Å². The molecule has 6 heteroatoms. The molecule has 0 aliphatic carbocycles. The van der Waals surface area contributed by atoms with Gasteiger partial charge in [-0.05, 0) is 30.7 Å². The molecule has 3 aromatic rings. The van der Waals surface area contributed by atoms with Crippen molar-refractivity contribution in [2.75, 3.05) is 32.1 Å². The summed E-state index contributed by atoms with van der Waals surface area (Å²) in [6.07, 6.45) is 8.39. The highest BCUT2D eigenvalue weighted by atomic mass is 16.2. The average molecular weight is 335 g/mol. The molecule has 0 radical (unpaired) electrons. The van der Waals surface area contributed by atoms with Crippen LogP contribution in [0, 0.1) is 0 Å². The molecule has 0 saturated carbocycles. The number of pyridine rings is 1. The van der Waals surface area contributed by atoms with Gasteiger partial charge in [0.05, 0.1) is 11.2 Å². The number of hydrogen-bond acceptors (Lipinski definition) is 4. The van der Waals surface area contributed by atoms with Gasteiger partial charge in [0, 0.05) is 63.5 Å². The molecule has 128 valence electrons. The topological polar surface area (TPSA) is 53.7 Å². The summed E-state index contributed by atoms with van der Waals surface area (Å²) in [5.74, 6) is 1.29. The second-order valence-corrected chi connectivity index (χ2v) is 6.66. The number of carbonyl (C=O) groups is 1. The first-order valence-corrected chi connectivity index (χ1v) is 8.48. The molecule has 1 aliphatic heterocycles. The lowest BCUT2D eigenvalue weighted by Crippen LogP contribution is -2.28. The number of carbonyl (C=O) groups excluding carboxylic acids is 1. The number of anilines is 1. The third-order valence-corrected chi connectivity index (χ3v) is 4.76. The summed E-state index contributed by atoms with van der Waals surface area (Å²) in [6.45, 7) is 1.46. The Morgan fingerprint density at radius 2 is 2.04 bits per heavy atom. The minimum absolute atomic E-state index is 0.0692. The molecule has 1 fully saturated rings. The summed E-state index contributed by atoms with van der Waals surface area (Å²) < 4.78 is 2.12. The molecule has 1 aliphatic rings. The largest absolute Gasteiger partial charge is 0.361 e. The molecular formula is C19H21N5O. The van der Waals surface area contributed by atoms with Crippen LogP contribution in [0.15, 0.2) is 49.1 Å². The predicted molar refractivity (Wildman–Crippen MR) is 97.0 cm³/mol. The van der Waals surface area contributed by atoms with E-state index in [0.29, 0.717) is 12.1 Å². The number of fused-ring (bicyclic) bond motifs is 1. The van der Waals surface area contributed by atoms with Gasteiger partial charge in [-0.15, -0.1) is 0 Å². The van der Waals surface area contributed by atoms with Gasteiger partial charge in [-0.25, -0.2) is 4.98 Å². The Morgan fingerprint density at radius 1 is 1.24 bits per heavy atom. The highest BCUT2D eigenvalue weighted by Gasteiger charge is 2.29. The Hall–Kier alpha value is -2.89. The van der Waals surface area contributed by atoms with Crippen LogP contribution in [0.2, 0.25) is 0 Å². The number of amides is 1. The maximum Gasteiger partial charge on any atom is 0.253 e. The van der Waals surface area contributed by atoms with Gasteiger partial charge in [0.1, 0.15) is 0 Å². The maximum absolute atomic E-state index is 12.6. The van der Waals surface area contributed by atoms with Crippen molar-refractivity contribution in [1.82, 2.24) is 19.3 Å². The van der Waals surface area contributed by atoms with Crippen LogP contribution in [-0.4, -0.2) is 52.4 Å². The molecule has 0 N–H and O–H groups in total. The summed E-state index contributed by atoms with van der Waals surface area (Å²) in [4.78, 5) is 25.4. The van der Waals surface area contributed by atoms with Gasteiger partial charge < -0.3 is 14.2 Å². The predicted octanol–water partition coefficient (Wildman–Crippen LogP) is 2.43. The standard InChI is InChI=1S/C19H21N5O/c1-22(2)18-17-4-3-10-23(17)13-16(21-18)15-7-11-24(12-15)19(25)14-5-8-20-9-6-14/h3-6,8-10,13,15H,7,11-12H2,1-2H3/t15-/m1/s1. The van der Waals surface area contributed by atoms with Gasteiger partial charge in [0.25, 0.3) is 5.91 Å². The normalized spacial score (nSPS) is 17.2. The minimum atomic E-state index is 0.0692. The number of likely N-dealkylation sites (tertiary alicyclic amines) is 1. The van der Waals surface area contributed by atoms with E-state index in [2.05, 4.69) is 21.6 Å². The van der Waals surface area contributed by atoms with Crippen LogP contribution in [0.1, 0.15) is 28.4 Å². The lowest BCUT2D eigenvalue weighted by molar-refractivity contribution is 0.0790. The van der Waals surface area contributed by atoms with Gasteiger partial charge in [-0.2, -0.15) is 0 Å². The number of aromatic nitrogens is 3. The van der Waals surface area contributed by atoms with Crippen molar-refractivity contribution < 1.29 is 4.79 Å². The molecule has 25 heavy (non-hydrogen) atoms. The third-order valence-electron chi connectivity index (χ3n) is 4.76. The van der Waals surface area contributed by atoms with Crippen molar-refractivity contribution >= 4 is 17.2 Å². The Bertz CT molecular complexity index is 903. The van der Waals surface area contributed by atoms with Crippen molar-refractivity contribution in [3.8, 4) is 0 Å². The molecule has 3 aromatic heterocycles. The summed E-state index contributed by atoms with van der Waals surface area (Å²) >= 11 is 0. The van der Waals surface area contributed by atoms with Crippen LogP contribution in [0.5, 0.6) is 0 Å². The zero-order chi connectivity index (χ0) is 17.4.